The number of rotatable bonds is 3. The van der Waals surface area contributed by atoms with Gasteiger partial charge in [-0.1, -0.05) is 34.6 Å². The molecule has 0 bridgehead atoms. The van der Waals surface area contributed by atoms with Gasteiger partial charge < -0.3 is 5.73 Å². The highest BCUT2D eigenvalue weighted by Gasteiger charge is 2.22. The van der Waals surface area contributed by atoms with Gasteiger partial charge in [-0.05, 0) is 12.8 Å². The number of nitrogens with two attached hydrogens (primary N) is 1. The van der Waals surface area contributed by atoms with E-state index < -0.39 is 0 Å². The van der Waals surface area contributed by atoms with Crippen molar-refractivity contribution in [3.63, 3.8) is 0 Å². The number of aryl methyl sites for hydroxylation is 1. The fourth-order valence-corrected chi connectivity index (χ4v) is 2.72. The lowest BCUT2D eigenvalue weighted by atomic mass is 9.96. The summed E-state index contributed by atoms with van der Waals surface area (Å²) in [5.74, 6) is 0.849. The molecule has 0 fully saturated rings. The van der Waals surface area contributed by atoms with Crippen molar-refractivity contribution in [3.8, 4) is 5.13 Å². The molecule has 5 nitrogen and oxygen atoms in total. The summed E-state index contributed by atoms with van der Waals surface area (Å²) in [5.41, 5.74) is 8.83. The largest absolute Gasteiger partial charge is 0.396 e. The Balaban J connectivity index is 2.50. The Labute approximate surface area is 118 Å². The quantitative estimate of drug-likeness (QED) is 0.938. The van der Waals surface area contributed by atoms with E-state index in [1.807, 2.05) is 4.68 Å². The van der Waals surface area contributed by atoms with Crippen LogP contribution < -0.4 is 5.73 Å². The van der Waals surface area contributed by atoms with Crippen molar-refractivity contribution < 1.29 is 0 Å². The summed E-state index contributed by atoms with van der Waals surface area (Å²) in [7, 11) is 0. The fraction of sp³-hybridized carbons (Fsp3) is 0.615. The lowest BCUT2D eigenvalue weighted by molar-refractivity contribution is 0.552. The molecule has 0 aliphatic carbocycles. The first-order valence-corrected chi connectivity index (χ1v) is 7.36. The Morgan fingerprint density at radius 3 is 2.37 bits per heavy atom. The van der Waals surface area contributed by atoms with Crippen LogP contribution in [0.15, 0.2) is 0 Å². The highest BCUT2D eigenvalue weighted by molar-refractivity contribution is 7.08. The standard InChI is InChI=1S/C13H21N5S/c1-6-8-10(14)9(7-2)18(16-8)12-15-11(17-19-12)13(3,4)5/h6-7,14H2,1-5H3. The molecule has 2 heterocycles. The van der Waals surface area contributed by atoms with Gasteiger partial charge >= 0.3 is 0 Å². The van der Waals surface area contributed by atoms with Crippen molar-refractivity contribution in [2.45, 2.75) is 52.9 Å². The van der Waals surface area contributed by atoms with Crippen molar-refractivity contribution in [2.75, 3.05) is 5.73 Å². The molecule has 2 N–H and O–H groups in total. The van der Waals surface area contributed by atoms with Crippen LogP contribution in [-0.2, 0) is 18.3 Å². The van der Waals surface area contributed by atoms with Crippen LogP contribution in [0.2, 0.25) is 0 Å². The van der Waals surface area contributed by atoms with Crippen LogP contribution in [0.4, 0.5) is 5.69 Å². The average molecular weight is 279 g/mol. The molecule has 0 aromatic carbocycles. The highest BCUT2D eigenvalue weighted by Crippen LogP contribution is 2.26. The summed E-state index contributed by atoms with van der Waals surface area (Å²) < 4.78 is 6.28. The molecule has 0 saturated heterocycles. The number of hydrogen-bond donors (Lipinski definition) is 1. The predicted molar refractivity (Wildman–Crippen MR) is 78.9 cm³/mol. The zero-order chi connectivity index (χ0) is 14.2. The van der Waals surface area contributed by atoms with Gasteiger partial charge in [-0.15, -0.1) is 0 Å². The number of hydrogen-bond acceptors (Lipinski definition) is 5. The third-order valence-electron chi connectivity index (χ3n) is 3.04. The Morgan fingerprint density at radius 2 is 1.89 bits per heavy atom. The van der Waals surface area contributed by atoms with Crippen LogP contribution in [0.5, 0.6) is 0 Å². The van der Waals surface area contributed by atoms with E-state index in [1.54, 1.807) is 0 Å². The third kappa shape index (κ3) is 2.49. The molecule has 2 rings (SSSR count). The van der Waals surface area contributed by atoms with Gasteiger partial charge in [0.15, 0.2) is 0 Å². The van der Waals surface area contributed by atoms with Crippen LogP contribution in [0.1, 0.15) is 51.8 Å². The smallest absolute Gasteiger partial charge is 0.230 e. The van der Waals surface area contributed by atoms with Crippen molar-refractivity contribution in [3.05, 3.63) is 17.2 Å². The zero-order valence-electron chi connectivity index (χ0n) is 12.2. The van der Waals surface area contributed by atoms with Crippen LogP contribution in [0.25, 0.3) is 5.13 Å². The van der Waals surface area contributed by atoms with Crippen molar-refractivity contribution in [1.82, 2.24) is 19.1 Å². The van der Waals surface area contributed by atoms with E-state index in [9.17, 15) is 0 Å². The SMILES string of the molecule is CCc1nn(-c2nc(C(C)(C)C)ns2)c(CC)c1N. The highest BCUT2D eigenvalue weighted by atomic mass is 32.1. The Bertz CT molecular complexity index is 576. The van der Waals surface area contributed by atoms with E-state index in [4.69, 9.17) is 5.73 Å². The van der Waals surface area contributed by atoms with Crippen LogP contribution in [-0.4, -0.2) is 19.1 Å². The first kappa shape index (κ1) is 14.0. The number of nitrogens with zero attached hydrogens (tertiary/aromatic N) is 4. The monoisotopic (exact) mass is 279 g/mol. The minimum absolute atomic E-state index is 0.0482. The van der Waals surface area contributed by atoms with E-state index in [0.717, 1.165) is 40.9 Å². The van der Waals surface area contributed by atoms with Crippen molar-refractivity contribution in [1.29, 1.82) is 0 Å². The van der Waals surface area contributed by atoms with E-state index >= 15 is 0 Å². The zero-order valence-corrected chi connectivity index (χ0v) is 13.0. The molecule has 0 unspecified atom stereocenters. The van der Waals surface area contributed by atoms with Gasteiger partial charge in [0, 0.05) is 16.9 Å². The first-order chi connectivity index (χ1) is 8.88. The van der Waals surface area contributed by atoms with E-state index in [1.165, 1.54) is 11.5 Å². The maximum atomic E-state index is 6.13. The fourth-order valence-electron chi connectivity index (χ4n) is 1.88. The molecule has 2 aromatic rings. The van der Waals surface area contributed by atoms with Crippen molar-refractivity contribution in [2.24, 2.45) is 0 Å². The maximum absolute atomic E-state index is 6.13. The lowest BCUT2D eigenvalue weighted by Crippen LogP contribution is -2.13. The Kier molecular flexibility index (Phi) is 3.62. The molecule has 0 aliphatic rings. The molecule has 0 amide bonds. The summed E-state index contributed by atoms with van der Waals surface area (Å²) in [5, 5.41) is 5.36. The molecular weight excluding hydrogens is 258 g/mol. The molecule has 2 aromatic heterocycles. The molecule has 0 radical (unpaired) electrons. The Hall–Kier alpha value is -1.43. The molecule has 0 aliphatic heterocycles. The van der Waals surface area contributed by atoms with E-state index in [-0.39, 0.29) is 5.41 Å². The summed E-state index contributed by atoms with van der Waals surface area (Å²) in [4.78, 5) is 4.60. The van der Waals surface area contributed by atoms with Gasteiger partial charge in [0.1, 0.15) is 5.82 Å². The minimum atomic E-state index is -0.0482. The number of anilines is 1. The first-order valence-electron chi connectivity index (χ1n) is 6.59. The molecule has 0 spiro atoms. The third-order valence-corrected chi connectivity index (χ3v) is 3.73. The average Bonchev–Trinajstić information content (AvgIpc) is 2.92. The second-order valence-corrected chi connectivity index (χ2v) is 6.31. The summed E-state index contributed by atoms with van der Waals surface area (Å²) >= 11 is 1.38. The molecule has 104 valence electrons. The van der Waals surface area contributed by atoms with Gasteiger partial charge in [-0.3, -0.25) is 0 Å². The maximum Gasteiger partial charge on any atom is 0.230 e. The second-order valence-electron chi connectivity index (χ2n) is 5.58. The van der Waals surface area contributed by atoms with Crippen LogP contribution in [0.3, 0.4) is 0 Å². The van der Waals surface area contributed by atoms with Gasteiger partial charge in [-0.2, -0.15) is 9.47 Å². The number of nitrogen functional groups attached to an aromatic ring is 1. The number of aromatic nitrogens is 4. The summed E-state index contributed by atoms with van der Waals surface area (Å²) in [6.45, 7) is 10.5. The van der Waals surface area contributed by atoms with Crippen LogP contribution in [0, 0.1) is 0 Å². The second kappa shape index (κ2) is 4.92. The van der Waals surface area contributed by atoms with Crippen molar-refractivity contribution >= 4 is 17.2 Å². The lowest BCUT2D eigenvalue weighted by Gasteiger charge is -2.12. The van der Waals surface area contributed by atoms with Crippen LogP contribution >= 0.6 is 11.5 Å². The molecule has 0 saturated carbocycles. The topological polar surface area (TPSA) is 69.6 Å². The van der Waals surface area contributed by atoms with E-state index in [0.29, 0.717) is 0 Å². The predicted octanol–water partition coefficient (Wildman–Crippen LogP) is 2.73. The van der Waals surface area contributed by atoms with Gasteiger partial charge in [0.05, 0.1) is 17.1 Å². The van der Waals surface area contributed by atoms with Gasteiger partial charge in [0.2, 0.25) is 5.13 Å². The van der Waals surface area contributed by atoms with E-state index in [2.05, 4.69) is 49.1 Å². The Morgan fingerprint density at radius 1 is 1.21 bits per heavy atom. The molecule has 19 heavy (non-hydrogen) atoms. The summed E-state index contributed by atoms with van der Waals surface area (Å²) in [6, 6.07) is 0. The summed E-state index contributed by atoms with van der Waals surface area (Å²) in [6.07, 6.45) is 1.67. The minimum Gasteiger partial charge on any atom is -0.396 e. The van der Waals surface area contributed by atoms with Gasteiger partial charge in [0.25, 0.3) is 0 Å². The van der Waals surface area contributed by atoms with Gasteiger partial charge in [-0.25, -0.2) is 9.67 Å². The molecular formula is C13H21N5S. The molecule has 0 atom stereocenters. The normalized spacial score (nSPS) is 12.1. The molecule has 6 heteroatoms.